The Labute approximate surface area is 160 Å². The van der Waals surface area contributed by atoms with Gasteiger partial charge in [0.15, 0.2) is 0 Å². The van der Waals surface area contributed by atoms with E-state index >= 15 is 0 Å². The number of carbonyl (C=O) groups is 2. The van der Waals surface area contributed by atoms with Gasteiger partial charge < -0.3 is 4.90 Å². The highest BCUT2D eigenvalue weighted by Crippen LogP contribution is 2.12. The zero-order chi connectivity index (χ0) is 20.2. The summed E-state index contributed by atoms with van der Waals surface area (Å²) in [4.78, 5) is 37.8. The van der Waals surface area contributed by atoms with Gasteiger partial charge in [-0.15, -0.1) is 0 Å². The number of hydrogen-bond donors (Lipinski definition) is 3. The third-order valence-corrected chi connectivity index (χ3v) is 3.90. The first-order valence-electron chi connectivity index (χ1n) is 9.30. The highest BCUT2D eigenvalue weighted by atomic mass is 16.5. The zero-order valence-electron chi connectivity index (χ0n) is 16.6. The Morgan fingerprint density at radius 2 is 1.93 bits per heavy atom. The Morgan fingerprint density at radius 1 is 1.19 bits per heavy atom. The molecule has 1 aromatic rings. The highest BCUT2D eigenvalue weighted by molar-refractivity contribution is 5.80. The molecule has 0 aliphatic carbocycles. The maximum atomic E-state index is 12.5. The Bertz CT molecular complexity index is 598. The number of hydrogen-bond acceptors (Lipinski definition) is 8. The molecule has 1 heterocycles. The van der Waals surface area contributed by atoms with Crippen LogP contribution >= 0.6 is 0 Å². The summed E-state index contributed by atoms with van der Waals surface area (Å²) in [5, 5.41) is 9.93. The first-order chi connectivity index (χ1) is 12.9. The average molecular weight is 381 g/mol. The second-order valence-corrected chi connectivity index (χ2v) is 6.55. The maximum absolute atomic E-state index is 12.5. The molecule has 0 unspecified atom stereocenters. The van der Waals surface area contributed by atoms with Gasteiger partial charge in [0.2, 0.25) is 24.2 Å². The predicted molar refractivity (Wildman–Crippen MR) is 102 cm³/mol. The number of rotatable bonds is 13. The molecule has 0 bridgehead atoms. The first kappa shape index (κ1) is 22.6. The molecule has 0 saturated carbocycles. The minimum absolute atomic E-state index is 0.0675. The summed E-state index contributed by atoms with van der Waals surface area (Å²) in [6, 6.07) is 0. The van der Waals surface area contributed by atoms with Crippen molar-refractivity contribution in [2.75, 3.05) is 31.0 Å². The molecule has 1 atom stereocenters. The van der Waals surface area contributed by atoms with Crippen molar-refractivity contribution in [3.05, 3.63) is 5.82 Å². The number of anilines is 2. The topological polar surface area (TPSA) is 124 Å². The molecule has 152 valence electrons. The van der Waals surface area contributed by atoms with E-state index in [1.54, 1.807) is 4.90 Å². The summed E-state index contributed by atoms with van der Waals surface area (Å²) in [5.41, 5.74) is 5.30. The van der Waals surface area contributed by atoms with E-state index < -0.39 is 5.92 Å². The zero-order valence-corrected chi connectivity index (χ0v) is 16.6. The number of carbonyl (C=O) groups excluding carboxylic acids is 2. The molecular weight excluding hydrogens is 350 g/mol. The van der Waals surface area contributed by atoms with Gasteiger partial charge >= 0.3 is 0 Å². The van der Waals surface area contributed by atoms with Crippen molar-refractivity contribution in [1.29, 1.82) is 0 Å². The first-order valence-corrected chi connectivity index (χ1v) is 9.30. The second-order valence-electron chi connectivity index (χ2n) is 6.55. The summed E-state index contributed by atoms with van der Waals surface area (Å²) in [6.45, 7) is 4.03. The Hall–Kier alpha value is -2.49. The molecule has 1 rings (SSSR count). The van der Waals surface area contributed by atoms with Gasteiger partial charge in [0.1, 0.15) is 5.82 Å². The lowest BCUT2D eigenvalue weighted by Crippen LogP contribution is -2.40. The molecule has 10 nitrogen and oxygen atoms in total. The van der Waals surface area contributed by atoms with Crippen LogP contribution in [-0.2, 0) is 16.0 Å². The lowest BCUT2D eigenvalue weighted by molar-refractivity contribution is -0.154. The van der Waals surface area contributed by atoms with Crippen LogP contribution in [0.5, 0.6) is 0 Å². The molecule has 0 aromatic carbocycles. The fourth-order valence-corrected chi connectivity index (χ4v) is 2.43. The molecule has 0 aliphatic heterocycles. The van der Waals surface area contributed by atoms with Gasteiger partial charge in [0, 0.05) is 20.5 Å². The van der Waals surface area contributed by atoms with E-state index in [2.05, 4.69) is 32.7 Å². The average Bonchev–Trinajstić information content (AvgIpc) is 2.65. The van der Waals surface area contributed by atoms with Crippen LogP contribution in [0, 0.1) is 5.92 Å². The SMILES string of the molecule is CCCCC[C@H](CN(O)C=O)C(=O)NNc1nc(CCC)nc(N(C)C)n1. The summed E-state index contributed by atoms with van der Waals surface area (Å²) in [5.74, 6) is 0.497. The van der Waals surface area contributed by atoms with Crippen molar-refractivity contribution in [3.8, 4) is 0 Å². The maximum Gasteiger partial charge on any atom is 0.246 e. The van der Waals surface area contributed by atoms with Gasteiger partial charge in [-0.3, -0.25) is 25.6 Å². The molecule has 0 spiro atoms. The highest BCUT2D eigenvalue weighted by Gasteiger charge is 2.21. The molecule has 0 fully saturated rings. The van der Waals surface area contributed by atoms with E-state index in [0.29, 0.717) is 36.1 Å². The van der Waals surface area contributed by atoms with E-state index in [1.165, 1.54) is 0 Å². The standard InChI is InChI=1S/C17H31N7O3/c1-5-7-8-10-13(11-24(27)12-25)15(26)21-22-16-18-14(9-6-2)19-17(20-16)23(3)4/h12-13,27H,5-11H2,1-4H3,(H,21,26)(H,18,19,20,22)/t13-/m1/s1. The van der Waals surface area contributed by atoms with Crippen LogP contribution in [0.2, 0.25) is 0 Å². The molecular formula is C17H31N7O3. The van der Waals surface area contributed by atoms with Gasteiger partial charge in [-0.1, -0.05) is 33.1 Å². The summed E-state index contributed by atoms with van der Waals surface area (Å²) in [6.07, 6.45) is 5.27. The van der Waals surface area contributed by atoms with Gasteiger partial charge in [0.05, 0.1) is 12.5 Å². The number of amides is 2. The van der Waals surface area contributed by atoms with Crippen LogP contribution in [0.25, 0.3) is 0 Å². The minimum Gasteiger partial charge on any atom is -0.347 e. The van der Waals surface area contributed by atoms with Crippen molar-refractivity contribution in [2.24, 2.45) is 5.92 Å². The van der Waals surface area contributed by atoms with Crippen molar-refractivity contribution < 1.29 is 14.8 Å². The number of nitrogens with zero attached hydrogens (tertiary/aromatic N) is 5. The smallest absolute Gasteiger partial charge is 0.246 e. The Morgan fingerprint density at radius 3 is 2.52 bits per heavy atom. The van der Waals surface area contributed by atoms with Crippen LogP contribution in [0.4, 0.5) is 11.9 Å². The van der Waals surface area contributed by atoms with Gasteiger partial charge in [0.25, 0.3) is 0 Å². The van der Waals surface area contributed by atoms with E-state index in [4.69, 9.17) is 0 Å². The Balaban J connectivity index is 2.79. The van der Waals surface area contributed by atoms with Crippen LogP contribution in [0.1, 0.15) is 51.8 Å². The molecule has 27 heavy (non-hydrogen) atoms. The molecule has 2 amide bonds. The quantitative estimate of drug-likeness (QED) is 0.203. The molecule has 3 N–H and O–H groups in total. The summed E-state index contributed by atoms with van der Waals surface area (Å²) in [7, 11) is 3.65. The van der Waals surface area contributed by atoms with Crippen molar-refractivity contribution >= 4 is 24.2 Å². The number of nitrogens with one attached hydrogen (secondary N) is 2. The third kappa shape index (κ3) is 8.16. The van der Waals surface area contributed by atoms with E-state index in [-0.39, 0.29) is 18.4 Å². The van der Waals surface area contributed by atoms with Crippen molar-refractivity contribution in [1.82, 2.24) is 25.4 Å². The molecule has 10 heteroatoms. The number of hydrazine groups is 1. The summed E-state index contributed by atoms with van der Waals surface area (Å²) >= 11 is 0. The van der Waals surface area contributed by atoms with E-state index in [9.17, 15) is 14.8 Å². The second kappa shape index (κ2) is 12.0. The molecule has 1 aromatic heterocycles. The number of unbranched alkanes of at least 4 members (excludes halogenated alkanes) is 2. The number of aromatic nitrogens is 3. The van der Waals surface area contributed by atoms with Crippen molar-refractivity contribution in [2.45, 2.75) is 52.4 Å². The molecule has 0 radical (unpaired) electrons. The van der Waals surface area contributed by atoms with Crippen LogP contribution in [0.15, 0.2) is 0 Å². The van der Waals surface area contributed by atoms with Crippen LogP contribution in [0.3, 0.4) is 0 Å². The number of aryl methyl sites for hydroxylation is 1. The molecule has 0 aliphatic rings. The Kier molecular flexibility index (Phi) is 10.0. The van der Waals surface area contributed by atoms with Gasteiger partial charge in [-0.05, 0) is 12.8 Å². The van der Waals surface area contributed by atoms with E-state index in [0.717, 1.165) is 25.7 Å². The monoisotopic (exact) mass is 381 g/mol. The lowest BCUT2D eigenvalue weighted by Gasteiger charge is -2.20. The number of hydroxylamine groups is 2. The van der Waals surface area contributed by atoms with Crippen LogP contribution in [-0.4, -0.2) is 58.2 Å². The fraction of sp³-hybridized carbons (Fsp3) is 0.706. The van der Waals surface area contributed by atoms with Crippen LogP contribution < -0.4 is 15.8 Å². The van der Waals surface area contributed by atoms with Gasteiger partial charge in [-0.2, -0.15) is 15.0 Å². The third-order valence-electron chi connectivity index (χ3n) is 3.90. The van der Waals surface area contributed by atoms with Gasteiger partial charge in [-0.25, -0.2) is 5.06 Å². The molecule has 0 saturated heterocycles. The summed E-state index contributed by atoms with van der Waals surface area (Å²) < 4.78 is 0. The normalized spacial score (nSPS) is 11.6. The lowest BCUT2D eigenvalue weighted by atomic mass is 10.0. The minimum atomic E-state index is -0.537. The largest absolute Gasteiger partial charge is 0.347 e. The van der Waals surface area contributed by atoms with E-state index in [1.807, 2.05) is 21.0 Å². The fourth-order valence-electron chi connectivity index (χ4n) is 2.43. The van der Waals surface area contributed by atoms with Crippen molar-refractivity contribution in [3.63, 3.8) is 0 Å². The predicted octanol–water partition coefficient (Wildman–Crippen LogP) is 1.38.